The van der Waals surface area contributed by atoms with Crippen molar-refractivity contribution in [1.82, 2.24) is 10.4 Å². The van der Waals surface area contributed by atoms with E-state index in [2.05, 4.69) is 5.43 Å². The maximum atomic E-state index is 13.2. The SMILES string of the molecule is COc1ccc(C2C(C)C(C(=O)NN3CCCCC3O)=NN2c2ccc(Cl)cc2Cl)cc1. The molecular weight excluding hydrogens is 451 g/mol. The molecule has 1 amide bonds. The van der Waals surface area contributed by atoms with Gasteiger partial charge in [0.05, 0.1) is 23.9 Å². The van der Waals surface area contributed by atoms with Crippen LogP contribution in [0.1, 0.15) is 37.8 Å². The van der Waals surface area contributed by atoms with Crippen LogP contribution in [0, 0.1) is 5.92 Å². The van der Waals surface area contributed by atoms with E-state index in [1.807, 2.05) is 31.2 Å². The quantitative estimate of drug-likeness (QED) is 0.668. The largest absolute Gasteiger partial charge is 0.497 e. The van der Waals surface area contributed by atoms with Gasteiger partial charge in [-0.1, -0.05) is 42.3 Å². The van der Waals surface area contributed by atoms with E-state index in [0.717, 1.165) is 24.2 Å². The second-order valence-corrected chi connectivity index (χ2v) is 8.89. The summed E-state index contributed by atoms with van der Waals surface area (Å²) in [6.07, 6.45) is 1.79. The Balaban J connectivity index is 1.68. The molecule has 4 rings (SSSR count). The highest BCUT2D eigenvalue weighted by Gasteiger charge is 2.40. The fourth-order valence-corrected chi connectivity index (χ4v) is 4.71. The molecule has 32 heavy (non-hydrogen) atoms. The van der Waals surface area contributed by atoms with Gasteiger partial charge in [-0.05, 0) is 55.2 Å². The van der Waals surface area contributed by atoms with Crippen molar-refractivity contribution in [3.05, 3.63) is 58.1 Å². The number of hydrazone groups is 1. The van der Waals surface area contributed by atoms with Gasteiger partial charge in [0.15, 0.2) is 0 Å². The van der Waals surface area contributed by atoms with Crippen molar-refractivity contribution < 1.29 is 14.6 Å². The Hall–Kier alpha value is -2.32. The highest BCUT2D eigenvalue weighted by atomic mass is 35.5. The second-order valence-electron chi connectivity index (χ2n) is 8.04. The standard InChI is InChI=1S/C23H26Cl2N4O3/c1-14-21(23(31)27-28-12-4-3-5-20(28)30)26-29(19-11-8-16(24)13-18(19)25)22(14)15-6-9-17(32-2)10-7-15/h6-11,13-14,20,22,30H,3-5,12H2,1-2H3,(H,27,31). The number of hydrogen-bond acceptors (Lipinski definition) is 6. The molecule has 2 aromatic rings. The van der Waals surface area contributed by atoms with Gasteiger partial charge in [0.25, 0.3) is 5.91 Å². The third-order valence-electron chi connectivity index (χ3n) is 5.95. The lowest BCUT2D eigenvalue weighted by atomic mass is 9.91. The first-order chi connectivity index (χ1) is 15.4. The summed E-state index contributed by atoms with van der Waals surface area (Å²) in [7, 11) is 1.62. The van der Waals surface area contributed by atoms with Crippen LogP contribution < -0.4 is 15.2 Å². The Labute approximate surface area is 197 Å². The van der Waals surface area contributed by atoms with Gasteiger partial charge in [0.2, 0.25) is 0 Å². The van der Waals surface area contributed by atoms with Crippen LogP contribution in [0.5, 0.6) is 5.75 Å². The summed E-state index contributed by atoms with van der Waals surface area (Å²) in [6.45, 7) is 2.56. The first kappa shape index (κ1) is 22.9. The number of piperidine rings is 1. The van der Waals surface area contributed by atoms with Crippen LogP contribution in [-0.2, 0) is 4.79 Å². The first-order valence-corrected chi connectivity index (χ1v) is 11.4. The number of benzene rings is 2. The van der Waals surface area contributed by atoms with Crippen molar-refractivity contribution >= 4 is 40.5 Å². The average Bonchev–Trinajstić information content (AvgIpc) is 3.12. The predicted molar refractivity (Wildman–Crippen MR) is 126 cm³/mol. The predicted octanol–water partition coefficient (Wildman–Crippen LogP) is 4.39. The van der Waals surface area contributed by atoms with Crippen LogP contribution in [-0.4, -0.2) is 41.6 Å². The van der Waals surface area contributed by atoms with Gasteiger partial charge in [0, 0.05) is 17.5 Å². The fraction of sp³-hybridized carbons (Fsp3) is 0.391. The summed E-state index contributed by atoms with van der Waals surface area (Å²) < 4.78 is 5.29. The number of aliphatic hydroxyl groups is 1. The number of carbonyl (C=O) groups excluding carboxylic acids is 1. The molecule has 2 N–H and O–H groups in total. The number of methoxy groups -OCH3 is 1. The van der Waals surface area contributed by atoms with E-state index in [1.165, 1.54) is 0 Å². The zero-order chi connectivity index (χ0) is 22.8. The van der Waals surface area contributed by atoms with E-state index in [4.69, 9.17) is 33.0 Å². The number of rotatable bonds is 5. The monoisotopic (exact) mass is 476 g/mol. The molecule has 0 bridgehead atoms. The molecule has 9 heteroatoms. The van der Waals surface area contributed by atoms with Crippen molar-refractivity contribution in [3.63, 3.8) is 0 Å². The average molecular weight is 477 g/mol. The van der Waals surface area contributed by atoms with Crippen LogP contribution in [0.15, 0.2) is 47.6 Å². The Kier molecular flexibility index (Phi) is 6.90. The minimum atomic E-state index is -0.691. The third kappa shape index (κ3) is 4.57. The summed E-state index contributed by atoms with van der Waals surface area (Å²) in [4.78, 5) is 13.2. The van der Waals surface area contributed by atoms with Crippen LogP contribution in [0.3, 0.4) is 0 Å². The van der Waals surface area contributed by atoms with E-state index in [1.54, 1.807) is 35.3 Å². The number of amides is 1. The molecule has 2 aliphatic rings. The minimum Gasteiger partial charge on any atom is -0.497 e. The van der Waals surface area contributed by atoms with Crippen molar-refractivity contribution in [1.29, 1.82) is 0 Å². The lowest BCUT2D eigenvalue weighted by Gasteiger charge is -2.32. The minimum absolute atomic E-state index is 0.239. The van der Waals surface area contributed by atoms with Crippen molar-refractivity contribution in [2.45, 2.75) is 38.5 Å². The molecule has 170 valence electrons. The number of hydrazine groups is 1. The highest BCUT2D eigenvalue weighted by Crippen LogP contribution is 2.42. The normalized spacial score (nSPS) is 23.7. The van der Waals surface area contributed by atoms with Gasteiger partial charge in [-0.3, -0.25) is 15.2 Å². The van der Waals surface area contributed by atoms with Gasteiger partial charge < -0.3 is 9.84 Å². The van der Waals surface area contributed by atoms with Gasteiger partial charge in [-0.2, -0.15) is 10.1 Å². The van der Waals surface area contributed by atoms with Gasteiger partial charge in [-0.25, -0.2) is 0 Å². The van der Waals surface area contributed by atoms with E-state index in [0.29, 0.717) is 34.4 Å². The summed E-state index contributed by atoms with van der Waals surface area (Å²) in [6, 6.07) is 12.6. The smallest absolute Gasteiger partial charge is 0.282 e. The first-order valence-electron chi connectivity index (χ1n) is 10.6. The lowest BCUT2D eigenvalue weighted by molar-refractivity contribution is -0.128. The molecule has 0 aliphatic carbocycles. The Morgan fingerprint density at radius 2 is 1.94 bits per heavy atom. The molecular formula is C23H26Cl2N4O3. The zero-order valence-corrected chi connectivity index (χ0v) is 19.5. The topological polar surface area (TPSA) is 77.4 Å². The number of halogens is 2. The Morgan fingerprint density at radius 3 is 2.59 bits per heavy atom. The van der Waals surface area contributed by atoms with Crippen LogP contribution in [0.2, 0.25) is 10.0 Å². The molecule has 7 nitrogen and oxygen atoms in total. The number of hydrogen-bond donors (Lipinski definition) is 2. The summed E-state index contributed by atoms with van der Waals surface area (Å²) in [5.41, 5.74) is 4.83. The van der Waals surface area contributed by atoms with E-state index < -0.39 is 6.23 Å². The molecule has 1 saturated heterocycles. The third-order valence-corrected chi connectivity index (χ3v) is 6.48. The molecule has 2 aromatic carbocycles. The Bertz CT molecular complexity index is 1010. The molecule has 0 saturated carbocycles. The lowest BCUT2D eigenvalue weighted by Crippen LogP contribution is -2.53. The molecule has 2 aliphatic heterocycles. The van der Waals surface area contributed by atoms with Crippen LogP contribution in [0.4, 0.5) is 5.69 Å². The number of carbonyl (C=O) groups is 1. The van der Waals surface area contributed by atoms with Crippen molar-refractivity contribution in [3.8, 4) is 5.75 Å². The van der Waals surface area contributed by atoms with Crippen molar-refractivity contribution in [2.75, 3.05) is 18.7 Å². The zero-order valence-electron chi connectivity index (χ0n) is 18.0. The number of anilines is 1. The van der Waals surface area contributed by atoms with Crippen LogP contribution >= 0.6 is 23.2 Å². The van der Waals surface area contributed by atoms with E-state index in [-0.39, 0.29) is 17.9 Å². The maximum Gasteiger partial charge on any atom is 0.282 e. The summed E-state index contributed by atoms with van der Waals surface area (Å²) >= 11 is 12.6. The van der Waals surface area contributed by atoms with E-state index >= 15 is 0 Å². The summed E-state index contributed by atoms with van der Waals surface area (Å²) in [5.74, 6) is 0.176. The number of nitrogens with zero attached hydrogens (tertiary/aromatic N) is 3. The number of aliphatic hydroxyl groups excluding tert-OH is 1. The molecule has 3 atom stereocenters. The molecule has 1 fully saturated rings. The second kappa shape index (κ2) is 9.67. The molecule has 0 aromatic heterocycles. The summed E-state index contributed by atoms with van der Waals surface area (Å²) in [5, 5.41) is 19.2. The highest BCUT2D eigenvalue weighted by molar-refractivity contribution is 6.41. The number of ether oxygens (including phenoxy) is 1. The maximum absolute atomic E-state index is 13.2. The van der Waals surface area contributed by atoms with Gasteiger partial charge >= 0.3 is 0 Å². The fourth-order valence-electron chi connectivity index (χ4n) is 4.22. The number of nitrogens with one attached hydrogen (secondary N) is 1. The Morgan fingerprint density at radius 1 is 1.19 bits per heavy atom. The van der Waals surface area contributed by atoms with Crippen LogP contribution in [0.25, 0.3) is 0 Å². The van der Waals surface area contributed by atoms with Crippen molar-refractivity contribution in [2.24, 2.45) is 11.0 Å². The molecule has 3 unspecified atom stereocenters. The van der Waals surface area contributed by atoms with Gasteiger partial charge in [-0.15, -0.1) is 0 Å². The molecule has 2 heterocycles. The van der Waals surface area contributed by atoms with Gasteiger partial charge in [0.1, 0.15) is 17.7 Å². The van der Waals surface area contributed by atoms with E-state index in [9.17, 15) is 9.90 Å². The molecule has 0 spiro atoms. The molecule has 0 radical (unpaired) electrons.